The Balaban J connectivity index is 1.49. The number of nitrogens with zero attached hydrogens (tertiary/aromatic N) is 4. The van der Waals surface area contributed by atoms with Crippen molar-refractivity contribution in [3.63, 3.8) is 0 Å². The number of aryl methyl sites for hydroxylation is 1. The van der Waals surface area contributed by atoms with Crippen LogP contribution in [0.5, 0.6) is 0 Å². The summed E-state index contributed by atoms with van der Waals surface area (Å²) in [6.45, 7) is 5.85. The monoisotopic (exact) mass is 322 g/mol. The van der Waals surface area contributed by atoms with Gasteiger partial charge in [0.2, 0.25) is 0 Å². The first-order valence-electron chi connectivity index (χ1n) is 8.61. The zero-order valence-electron chi connectivity index (χ0n) is 14.0. The number of hydrogen-bond donors (Lipinski definition) is 0. The maximum absolute atomic E-state index is 5.85. The Morgan fingerprint density at radius 1 is 0.958 bits per heavy atom. The van der Waals surface area contributed by atoms with Gasteiger partial charge in [-0.3, -0.25) is 4.90 Å². The van der Waals surface area contributed by atoms with Crippen LogP contribution in [0.15, 0.2) is 46.9 Å². The molecule has 4 rings (SSSR count). The first-order chi connectivity index (χ1) is 11.8. The molecular weight excluding hydrogens is 300 g/mol. The molecule has 1 aliphatic heterocycles. The fraction of sp³-hybridized carbons (Fsp3) is 0.368. The molecule has 3 aromatic rings. The second-order valence-corrected chi connectivity index (χ2v) is 6.21. The van der Waals surface area contributed by atoms with Gasteiger partial charge in [-0.2, -0.15) is 0 Å². The number of hydrogen-bond acceptors (Lipinski definition) is 4. The lowest BCUT2D eigenvalue weighted by Gasteiger charge is -2.18. The smallest absolute Gasteiger partial charge is 0.164 e. The third kappa shape index (κ3) is 2.99. The molecule has 0 aliphatic carbocycles. The summed E-state index contributed by atoms with van der Waals surface area (Å²) in [5.41, 5.74) is 1.13. The van der Waals surface area contributed by atoms with E-state index in [1.54, 1.807) is 0 Å². The van der Waals surface area contributed by atoms with Crippen LogP contribution in [0.3, 0.4) is 0 Å². The van der Waals surface area contributed by atoms with E-state index in [1.807, 2.05) is 18.2 Å². The lowest BCUT2D eigenvalue weighted by Crippen LogP contribution is -2.26. The van der Waals surface area contributed by atoms with Gasteiger partial charge < -0.3 is 8.98 Å². The molecule has 0 spiro atoms. The largest absolute Gasteiger partial charge is 0.465 e. The molecule has 3 heterocycles. The SMILES string of the molecule is CCc1ccc(CN2CCc3nnc(-c4ccccc4)n3CC2)o1. The van der Waals surface area contributed by atoms with E-state index in [2.05, 4.69) is 50.9 Å². The zero-order valence-corrected chi connectivity index (χ0v) is 14.0. The zero-order chi connectivity index (χ0) is 16.4. The van der Waals surface area contributed by atoms with Crippen molar-refractivity contribution in [2.24, 2.45) is 0 Å². The van der Waals surface area contributed by atoms with Gasteiger partial charge in [0.05, 0.1) is 6.54 Å². The van der Waals surface area contributed by atoms with E-state index in [0.717, 1.165) is 67.8 Å². The second kappa shape index (κ2) is 6.61. The van der Waals surface area contributed by atoms with Gasteiger partial charge in [0.25, 0.3) is 0 Å². The summed E-state index contributed by atoms with van der Waals surface area (Å²) in [7, 11) is 0. The molecule has 0 bridgehead atoms. The van der Waals surface area contributed by atoms with E-state index >= 15 is 0 Å². The summed E-state index contributed by atoms with van der Waals surface area (Å²) >= 11 is 0. The maximum atomic E-state index is 5.85. The molecule has 1 aliphatic rings. The van der Waals surface area contributed by atoms with Crippen molar-refractivity contribution in [1.82, 2.24) is 19.7 Å². The number of furan rings is 1. The third-order valence-corrected chi connectivity index (χ3v) is 4.60. The van der Waals surface area contributed by atoms with Gasteiger partial charge in [-0.05, 0) is 12.1 Å². The van der Waals surface area contributed by atoms with Crippen LogP contribution >= 0.6 is 0 Å². The quantitative estimate of drug-likeness (QED) is 0.740. The molecule has 0 radical (unpaired) electrons. The Hall–Kier alpha value is -2.40. The van der Waals surface area contributed by atoms with Crippen LogP contribution < -0.4 is 0 Å². The van der Waals surface area contributed by atoms with Crippen LogP contribution in [0.25, 0.3) is 11.4 Å². The lowest BCUT2D eigenvalue weighted by molar-refractivity contribution is 0.246. The summed E-state index contributed by atoms with van der Waals surface area (Å²) in [5, 5.41) is 8.82. The molecule has 2 aromatic heterocycles. The topological polar surface area (TPSA) is 47.1 Å². The molecular formula is C19H22N4O. The van der Waals surface area contributed by atoms with E-state index in [4.69, 9.17) is 4.42 Å². The minimum atomic E-state index is 0.860. The predicted molar refractivity (Wildman–Crippen MR) is 92.5 cm³/mol. The number of benzene rings is 1. The molecule has 0 unspecified atom stereocenters. The van der Waals surface area contributed by atoms with Gasteiger partial charge in [0.15, 0.2) is 5.82 Å². The predicted octanol–water partition coefficient (Wildman–Crippen LogP) is 3.16. The highest BCUT2D eigenvalue weighted by Crippen LogP contribution is 2.21. The first-order valence-corrected chi connectivity index (χ1v) is 8.61. The van der Waals surface area contributed by atoms with E-state index in [0.29, 0.717) is 0 Å². The number of aromatic nitrogens is 3. The summed E-state index contributed by atoms with van der Waals surface area (Å²) < 4.78 is 8.11. The van der Waals surface area contributed by atoms with Gasteiger partial charge in [-0.25, -0.2) is 0 Å². The number of fused-ring (bicyclic) bond motifs is 1. The lowest BCUT2D eigenvalue weighted by atomic mass is 10.2. The number of rotatable bonds is 4. The fourth-order valence-electron chi connectivity index (χ4n) is 3.24. The molecule has 0 saturated carbocycles. The van der Waals surface area contributed by atoms with Crippen molar-refractivity contribution in [2.45, 2.75) is 32.9 Å². The minimum Gasteiger partial charge on any atom is -0.465 e. The molecule has 0 amide bonds. The summed E-state index contributed by atoms with van der Waals surface area (Å²) in [5.74, 6) is 4.15. The van der Waals surface area contributed by atoms with Gasteiger partial charge >= 0.3 is 0 Å². The van der Waals surface area contributed by atoms with Crippen LogP contribution in [-0.2, 0) is 25.9 Å². The van der Waals surface area contributed by atoms with Gasteiger partial charge in [0, 0.05) is 38.0 Å². The molecule has 5 heteroatoms. The van der Waals surface area contributed by atoms with Crippen molar-refractivity contribution in [1.29, 1.82) is 0 Å². The molecule has 0 atom stereocenters. The van der Waals surface area contributed by atoms with E-state index in [-0.39, 0.29) is 0 Å². The van der Waals surface area contributed by atoms with E-state index in [9.17, 15) is 0 Å². The minimum absolute atomic E-state index is 0.860. The molecule has 24 heavy (non-hydrogen) atoms. The van der Waals surface area contributed by atoms with E-state index < -0.39 is 0 Å². The fourth-order valence-corrected chi connectivity index (χ4v) is 3.24. The second-order valence-electron chi connectivity index (χ2n) is 6.21. The maximum Gasteiger partial charge on any atom is 0.164 e. The Labute approximate surface area is 141 Å². The summed E-state index contributed by atoms with van der Waals surface area (Å²) in [4.78, 5) is 2.43. The molecule has 0 saturated heterocycles. The first kappa shape index (κ1) is 15.1. The van der Waals surface area contributed by atoms with Crippen molar-refractivity contribution in [3.8, 4) is 11.4 Å². The summed E-state index contributed by atoms with van der Waals surface area (Å²) in [6, 6.07) is 14.5. The average Bonchev–Trinajstić information content (AvgIpc) is 3.20. The normalized spacial score (nSPS) is 15.2. The highest BCUT2D eigenvalue weighted by Gasteiger charge is 2.20. The molecule has 0 N–H and O–H groups in total. The summed E-state index contributed by atoms with van der Waals surface area (Å²) in [6.07, 6.45) is 1.86. The third-order valence-electron chi connectivity index (χ3n) is 4.60. The van der Waals surface area contributed by atoms with Crippen LogP contribution in [-0.4, -0.2) is 32.8 Å². The Kier molecular flexibility index (Phi) is 4.17. The molecule has 1 aromatic carbocycles. The van der Waals surface area contributed by atoms with Gasteiger partial charge in [0.1, 0.15) is 17.3 Å². The van der Waals surface area contributed by atoms with Gasteiger partial charge in [-0.1, -0.05) is 37.3 Å². The highest BCUT2D eigenvalue weighted by molar-refractivity contribution is 5.55. The van der Waals surface area contributed by atoms with Crippen molar-refractivity contribution < 1.29 is 4.42 Å². The molecule has 5 nitrogen and oxygen atoms in total. The van der Waals surface area contributed by atoms with E-state index in [1.165, 1.54) is 0 Å². The van der Waals surface area contributed by atoms with Crippen LogP contribution in [0, 0.1) is 0 Å². The Morgan fingerprint density at radius 3 is 2.58 bits per heavy atom. The highest BCUT2D eigenvalue weighted by atomic mass is 16.3. The average molecular weight is 322 g/mol. The van der Waals surface area contributed by atoms with Gasteiger partial charge in [-0.15, -0.1) is 10.2 Å². The van der Waals surface area contributed by atoms with Crippen molar-refractivity contribution >= 4 is 0 Å². The van der Waals surface area contributed by atoms with Crippen LogP contribution in [0.1, 0.15) is 24.3 Å². The van der Waals surface area contributed by atoms with Crippen molar-refractivity contribution in [2.75, 3.05) is 13.1 Å². The van der Waals surface area contributed by atoms with Crippen molar-refractivity contribution in [3.05, 3.63) is 59.8 Å². The molecule has 0 fully saturated rings. The Bertz CT molecular complexity index is 806. The van der Waals surface area contributed by atoms with Crippen LogP contribution in [0.4, 0.5) is 0 Å². The molecule has 124 valence electrons. The van der Waals surface area contributed by atoms with Crippen LogP contribution in [0.2, 0.25) is 0 Å². The Morgan fingerprint density at radius 2 is 1.79 bits per heavy atom. The standard InChI is InChI=1S/C19H22N4O/c1-2-16-8-9-17(24-16)14-22-11-10-18-20-21-19(23(18)13-12-22)15-6-4-3-5-7-15/h3-9H,2,10-14H2,1H3.